The third kappa shape index (κ3) is 4.22. The number of hydrogen-bond donors (Lipinski definition) is 2. The number of nitrogens with one attached hydrogen (secondary N) is 2. The second-order valence-electron chi connectivity index (χ2n) is 4.41. The third-order valence-electron chi connectivity index (χ3n) is 2.77. The van der Waals surface area contributed by atoms with Gasteiger partial charge in [0.25, 0.3) is 0 Å². The average Bonchev–Trinajstić information content (AvgIpc) is 2.91. The van der Waals surface area contributed by atoms with Crippen LogP contribution >= 0.6 is 11.3 Å². The smallest absolute Gasteiger partial charge is 0.331 e. The van der Waals surface area contributed by atoms with Crippen LogP contribution in [0.2, 0.25) is 0 Å². The zero-order valence-electron chi connectivity index (χ0n) is 11.1. The maximum Gasteiger partial charge on any atom is 0.416 e. The molecule has 1 heterocycles. The van der Waals surface area contributed by atoms with E-state index in [4.69, 9.17) is 0 Å². The Labute approximate surface area is 123 Å². The van der Waals surface area contributed by atoms with Crippen LogP contribution in [-0.4, -0.2) is 6.03 Å². The number of carbonyl (C=O) groups excluding carboxylic acids is 1. The Morgan fingerprint density at radius 1 is 1.24 bits per heavy atom. The van der Waals surface area contributed by atoms with Crippen LogP contribution in [0.3, 0.4) is 0 Å². The Hall–Kier alpha value is -2.02. The molecule has 0 saturated carbocycles. The van der Waals surface area contributed by atoms with Crippen molar-refractivity contribution in [1.82, 2.24) is 5.32 Å². The van der Waals surface area contributed by atoms with Crippen molar-refractivity contribution in [3.8, 4) is 0 Å². The van der Waals surface area contributed by atoms with Gasteiger partial charge in [-0.1, -0.05) is 12.1 Å². The van der Waals surface area contributed by atoms with Crippen molar-refractivity contribution in [2.75, 3.05) is 5.32 Å². The molecule has 0 aliphatic rings. The Morgan fingerprint density at radius 3 is 2.62 bits per heavy atom. The summed E-state index contributed by atoms with van der Waals surface area (Å²) in [5.74, 6) is 0. The van der Waals surface area contributed by atoms with Crippen LogP contribution in [0.1, 0.15) is 23.4 Å². The predicted molar refractivity (Wildman–Crippen MR) is 76.3 cm³/mol. The topological polar surface area (TPSA) is 41.1 Å². The van der Waals surface area contributed by atoms with Crippen molar-refractivity contribution < 1.29 is 18.0 Å². The molecule has 0 aliphatic carbocycles. The molecule has 2 N–H and O–H groups in total. The summed E-state index contributed by atoms with van der Waals surface area (Å²) in [6, 6.07) is 7.49. The van der Waals surface area contributed by atoms with Gasteiger partial charge in [-0.15, -0.1) is 11.3 Å². The molecule has 0 spiro atoms. The molecule has 0 bridgehead atoms. The molecule has 3 nitrogen and oxygen atoms in total. The second-order valence-corrected chi connectivity index (χ2v) is 5.39. The maximum absolute atomic E-state index is 12.6. The highest BCUT2D eigenvalue weighted by atomic mass is 32.1. The first-order valence-corrected chi connectivity index (χ1v) is 7.02. The van der Waals surface area contributed by atoms with Crippen LogP contribution in [0.15, 0.2) is 41.8 Å². The van der Waals surface area contributed by atoms with E-state index in [0.29, 0.717) is 0 Å². The van der Waals surface area contributed by atoms with E-state index in [1.165, 1.54) is 23.5 Å². The third-order valence-corrected chi connectivity index (χ3v) is 3.82. The van der Waals surface area contributed by atoms with Gasteiger partial charge in [0, 0.05) is 10.6 Å². The van der Waals surface area contributed by atoms with Gasteiger partial charge in [0.05, 0.1) is 11.6 Å². The van der Waals surface area contributed by atoms with E-state index >= 15 is 0 Å². The Kier molecular flexibility index (Phi) is 4.52. The van der Waals surface area contributed by atoms with Crippen molar-refractivity contribution in [2.24, 2.45) is 0 Å². The Balaban J connectivity index is 2.00. The molecule has 0 aliphatic heterocycles. The van der Waals surface area contributed by atoms with Gasteiger partial charge in [-0.2, -0.15) is 13.2 Å². The number of hydrogen-bond acceptors (Lipinski definition) is 2. The molecule has 0 saturated heterocycles. The summed E-state index contributed by atoms with van der Waals surface area (Å²) < 4.78 is 37.7. The fourth-order valence-corrected chi connectivity index (χ4v) is 2.48. The number of anilines is 1. The second kappa shape index (κ2) is 6.17. The number of halogens is 3. The van der Waals surface area contributed by atoms with E-state index in [2.05, 4.69) is 10.6 Å². The summed E-state index contributed by atoms with van der Waals surface area (Å²) in [7, 11) is 0. The van der Waals surface area contributed by atoms with E-state index in [1.54, 1.807) is 6.92 Å². The normalized spacial score (nSPS) is 12.8. The van der Waals surface area contributed by atoms with Crippen LogP contribution in [-0.2, 0) is 6.18 Å². The lowest BCUT2D eigenvalue weighted by Gasteiger charge is -2.14. The molecule has 1 atom stereocenters. The fraction of sp³-hybridized carbons (Fsp3) is 0.214. The number of carbonyl (C=O) groups is 1. The van der Waals surface area contributed by atoms with Crippen LogP contribution in [0.4, 0.5) is 23.7 Å². The van der Waals surface area contributed by atoms with Gasteiger partial charge >= 0.3 is 12.2 Å². The number of amides is 2. The summed E-state index contributed by atoms with van der Waals surface area (Å²) in [5, 5.41) is 6.96. The first-order chi connectivity index (χ1) is 9.86. The van der Waals surface area contributed by atoms with Gasteiger partial charge in [-0.05, 0) is 36.6 Å². The number of thiophene rings is 1. The van der Waals surface area contributed by atoms with Crippen molar-refractivity contribution >= 4 is 23.1 Å². The van der Waals surface area contributed by atoms with Gasteiger partial charge in [0.2, 0.25) is 0 Å². The first kappa shape index (κ1) is 15.4. The molecule has 2 rings (SSSR count). The summed E-state index contributed by atoms with van der Waals surface area (Å²) in [5.41, 5.74) is -0.702. The molecule has 1 aromatic carbocycles. The fourth-order valence-electron chi connectivity index (χ4n) is 1.75. The minimum absolute atomic E-state index is 0.0979. The monoisotopic (exact) mass is 314 g/mol. The number of urea groups is 1. The van der Waals surface area contributed by atoms with Crippen LogP contribution < -0.4 is 10.6 Å². The Bertz CT molecular complexity index is 611. The summed E-state index contributed by atoms with van der Waals surface area (Å²) in [6.07, 6.45) is -4.43. The molecule has 112 valence electrons. The number of alkyl halides is 3. The zero-order chi connectivity index (χ0) is 15.5. The molecular weight excluding hydrogens is 301 g/mol. The van der Waals surface area contributed by atoms with E-state index in [0.717, 1.165) is 17.0 Å². The minimum Gasteiger partial charge on any atom is -0.331 e. The predicted octanol–water partition coefficient (Wildman–Crippen LogP) is 4.65. The van der Waals surface area contributed by atoms with Crippen molar-refractivity contribution in [2.45, 2.75) is 19.1 Å². The zero-order valence-corrected chi connectivity index (χ0v) is 11.9. The van der Waals surface area contributed by atoms with Crippen molar-refractivity contribution in [1.29, 1.82) is 0 Å². The largest absolute Gasteiger partial charge is 0.416 e. The highest BCUT2D eigenvalue weighted by molar-refractivity contribution is 7.10. The molecule has 0 radical (unpaired) electrons. The lowest BCUT2D eigenvalue weighted by atomic mass is 10.2. The average molecular weight is 314 g/mol. The van der Waals surface area contributed by atoms with E-state index in [-0.39, 0.29) is 11.7 Å². The van der Waals surface area contributed by atoms with Gasteiger partial charge in [-0.25, -0.2) is 4.79 Å². The van der Waals surface area contributed by atoms with Gasteiger partial charge < -0.3 is 10.6 Å². The molecular formula is C14H13F3N2OS. The minimum atomic E-state index is -4.43. The van der Waals surface area contributed by atoms with Gasteiger partial charge in [0.15, 0.2) is 0 Å². The van der Waals surface area contributed by atoms with Gasteiger partial charge in [-0.3, -0.25) is 0 Å². The summed E-state index contributed by atoms with van der Waals surface area (Å²) in [6.45, 7) is 1.80. The lowest BCUT2D eigenvalue weighted by molar-refractivity contribution is -0.137. The standard InChI is InChI=1S/C14H13F3N2OS/c1-9(12-6-3-7-21-12)18-13(20)19-11-5-2-4-10(8-11)14(15,16)17/h2-9H,1H3,(H2,18,19,20)/t9-/m0/s1. The molecule has 0 fully saturated rings. The van der Waals surface area contributed by atoms with Crippen LogP contribution in [0.5, 0.6) is 0 Å². The quantitative estimate of drug-likeness (QED) is 0.850. The van der Waals surface area contributed by atoms with Crippen LogP contribution in [0, 0.1) is 0 Å². The van der Waals surface area contributed by atoms with Gasteiger partial charge in [0.1, 0.15) is 0 Å². The van der Waals surface area contributed by atoms with Crippen LogP contribution in [0.25, 0.3) is 0 Å². The maximum atomic E-state index is 12.6. The molecule has 1 aromatic heterocycles. The molecule has 7 heteroatoms. The SMILES string of the molecule is C[C@H](NC(=O)Nc1cccc(C(F)(F)F)c1)c1cccs1. The molecule has 0 unspecified atom stereocenters. The van der Waals surface area contributed by atoms with Crippen molar-refractivity contribution in [3.63, 3.8) is 0 Å². The van der Waals surface area contributed by atoms with Crippen molar-refractivity contribution in [3.05, 3.63) is 52.2 Å². The molecule has 2 amide bonds. The van der Waals surface area contributed by atoms with E-state index < -0.39 is 17.8 Å². The summed E-state index contributed by atoms with van der Waals surface area (Å²) in [4.78, 5) is 12.7. The number of benzene rings is 1. The van der Waals surface area contributed by atoms with E-state index in [1.807, 2.05) is 17.5 Å². The first-order valence-electron chi connectivity index (χ1n) is 6.14. The number of rotatable bonds is 3. The highest BCUT2D eigenvalue weighted by Crippen LogP contribution is 2.30. The molecule has 21 heavy (non-hydrogen) atoms. The lowest BCUT2D eigenvalue weighted by Crippen LogP contribution is -2.30. The molecule has 2 aromatic rings. The van der Waals surface area contributed by atoms with E-state index in [9.17, 15) is 18.0 Å². The Morgan fingerprint density at radius 2 is 2.00 bits per heavy atom. The highest BCUT2D eigenvalue weighted by Gasteiger charge is 2.30. The summed E-state index contributed by atoms with van der Waals surface area (Å²) >= 11 is 1.49.